The van der Waals surface area contributed by atoms with Gasteiger partial charge in [-0.25, -0.2) is 4.79 Å². The molecule has 1 aromatic rings. The fourth-order valence-electron chi connectivity index (χ4n) is 1.79. The minimum atomic E-state index is -1.10. The van der Waals surface area contributed by atoms with Gasteiger partial charge in [-0.3, -0.25) is 4.79 Å². The maximum atomic E-state index is 11.0. The first-order chi connectivity index (χ1) is 9.36. The number of hydrogen-bond acceptors (Lipinski definition) is 5. The van der Waals surface area contributed by atoms with E-state index in [1.165, 1.54) is 12.1 Å². The van der Waals surface area contributed by atoms with Gasteiger partial charge in [-0.05, 0) is 24.6 Å². The monoisotopic (exact) mass is 280 g/mol. The number of carbonyl (C=O) groups excluding carboxylic acids is 1. The molecular weight excluding hydrogens is 264 g/mol. The number of aliphatic carboxylic acids is 1. The number of nitrogens with two attached hydrogens (primary N) is 1. The molecule has 5 N–H and O–H groups in total. The van der Waals surface area contributed by atoms with Gasteiger partial charge < -0.3 is 26.1 Å². The zero-order chi connectivity index (χ0) is 15.3. The summed E-state index contributed by atoms with van der Waals surface area (Å²) in [6.07, 6.45) is 0.105. The molecule has 2 atom stereocenters. The number of nitrogens with one attached hydrogen (secondary N) is 1. The Kier molecular flexibility index (Phi) is 5.22. The highest BCUT2D eigenvalue weighted by Crippen LogP contribution is 2.20. The molecule has 0 radical (unpaired) electrons. The lowest BCUT2D eigenvalue weighted by Gasteiger charge is -2.22. The Hall–Kier alpha value is -2.41. The van der Waals surface area contributed by atoms with Crippen LogP contribution < -0.4 is 11.1 Å². The fraction of sp³-hybridized carbons (Fsp3) is 0.308. The maximum absolute atomic E-state index is 11.0. The van der Waals surface area contributed by atoms with Crippen molar-refractivity contribution in [1.82, 2.24) is 0 Å². The van der Waals surface area contributed by atoms with Crippen molar-refractivity contribution in [3.05, 3.63) is 29.3 Å². The Balaban J connectivity index is 3.04. The minimum Gasteiger partial charge on any atom is -0.481 e. The van der Waals surface area contributed by atoms with E-state index in [0.29, 0.717) is 17.5 Å². The molecule has 0 saturated heterocycles. The first-order valence-electron chi connectivity index (χ1n) is 5.89. The lowest BCUT2D eigenvalue weighted by Crippen LogP contribution is -2.43. The number of aldehydes is 1. The van der Waals surface area contributed by atoms with E-state index in [4.69, 9.17) is 15.9 Å². The summed E-state index contributed by atoms with van der Waals surface area (Å²) in [5, 5.41) is 20.7. The van der Waals surface area contributed by atoms with Crippen molar-refractivity contribution in [2.45, 2.75) is 25.4 Å². The standard InChI is InChI=1S/C13H16N2O5/c1-7-8(13(19)20)3-2-4-10(7)15-11(5-12(17)18)9(14)6-16/h2-4,6,9,11,15H,5,14H2,1H3,(H,17,18)(H,19,20)/t9-,11?/m1/s1. The van der Waals surface area contributed by atoms with E-state index in [1.54, 1.807) is 13.0 Å². The number of carboxylic acid groups (broad SMARTS) is 2. The molecule has 0 aromatic heterocycles. The molecule has 108 valence electrons. The van der Waals surface area contributed by atoms with Gasteiger partial charge >= 0.3 is 11.9 Å². The van der Waals surface area contributed by atoms with Crippen LogP contribution in [0.15, 0.2) is 18.2 Å². The van der Waals surface area contributed by atoms with Crippen LogP contribution in [0.2, 0.25) is 0 Å². The second kappa shape index (κ2) is 6.67. The molecule has 0 fully saturated rings. The van der Waals surface area contributed by atoms with Crippen LogP contribution in [0, 0.1) is 6.92 Å². The molecule has 0 heterocycles. The number of aromatic carboxylic acids is 1. The van der Waals surface area contributed by atoms with Gasteiger partial charge in [-0.2, -0.15) is 0 Å². The lowest BCUT2D eigenvalue weighted by atomic mass is 10.0. The van der Waals surface area contributed by atoms with Crippen molar-refractivity contribution in [3.63, 3.8) is 0 Å². The largest absolute Gasteiger partial charge is 0.481 e. The van der Waals surface area contributed by atoms with Crippen LogP contribution in [0.4, 0.5) is 5.69 Å². The molecule has 7 heteroatoms. The van der Waals surface area contributed by atoms with Crippen molar-refractivity contribution in [3.8, 4) is 0 Å². The highest BCUT2D eigenvalue weighted by molar-refractivity contribution is 5.91. The van der Waals surface area contributed by atoms with Crippen molar-refractivity contribution >= 4 is 23.9 Å². The summed E-state index contributed by atoms with van der Waals surface area (Å²) in [4.78, 5) is 32.5. The second-order valence-corrected chi connectivity index (χ2v) is 4.35. The van der Waals surface area contributed by atoms with E-state index in [0.717, 1.165) is 0 Å². The fourth-order valence-corrected chi connectivity index (χ4v) is 1.79. The van der Waals surface area contributed by atoms with Crippen LogP contribution in [0.1, 0.15) is 22.3 Å². The molecule has 0 bridgehead atoms. The van der Waals surface area contributed by atoms with E-state index in [9.17, 15) is 14.4 Å². The normalized spacial score (nSPS) is 13.3. The molecule has 0 aliphatic rings. The minimum absolute atomic E-state index is 0.101. The molecular formula is C13H16N2O5. The third-order valence-electron chi connectivity index (χ3n) is 2.92. The molecule has 0 amide bonds. The Labute approximate surface area is 115 Å². The van der Waals surface area contributed by atoms with Crippen LogP contribution >= 0.6 is 0 Å². The molecule has 0 aliphatic heterocycles. The van der Waals surface area contributed by atoms with Gasteiger partial charge in [0.15, 0.2) is 0 Å². The van der Waals surface area contributed by atoms with E-state index >= 15 is 0 Å². The third-order valence-corrected chi connectivity index (χ3v) is 2.92. The topological polar surface area (TPSA) is 130 Å². The highest BCUT2D eigenvalue weighted by Gasteiger charge is 2.21. The van der Waals surface area contributed by atoms with Gasteiger partial charge in [0.05, 0.1) is 24.1 Å². The first-order valence-corrected chi connectivity index (χ1v) is 5.89. The average Bonchev–Trinajstić information content (AvgIpc) is 2.38. The smallest absolute Gasteiger partial charge is 0.336 e. The van der Waals surface area contributed by atoms with Crippen LogP contribution in [-0.2, 0) is 9.59 Å². The Bertz CT molecular complexity index is 529. The van der Waals surface area contributed by atoms with E-state index in [2.05, 4.69) is 5.32 Å². The van der Waals surface area contributed by atoms with Crippen molar-refractivity contribution in [2.75, 3.05) is 5.32 Å². The van der Waals surface area contributed by atoms with Crippen molar-refractivity contribution in [1.29, 1.82) is 0 Å². The molecule has 20 heavy (non-hydrogen) atoms. The third kappa shape index (κ3) is 3.79. The number of hydrogen-bond donors (Lipinski definition) is 4. The van der Waals surface area contributed by atoms with E-state index in [1.807, 2.05) is 0 Å². The van der Waals surface area contributed by atoms with Crippen molar-refractivity contribution in [2.24, 2.45) is 5.73 Å². The summed E-state index contributed by atoms with van der Waals surface area (Å²) in [5.41, 5.74) is 6.54. The van der Waals surface area contributed by atoms with Gasteiger partial charge in [0.1, 0.15) is 6.29 Å². The number of carboxylic acids is 2. The number of rotatable bonds is 7. The zero-order valence-electron chi connectivity index (χ0n) is 10.9. The van der Waals surface area contributed by atoms with Crippen LogP contribution in [0.25, 0.3) is 0 Å². The van der Waals surface area contributed by atoms with Crippen LogP contribution in [-0.4, -0.2) is 40.5 Å². The summed E-state index contributed by atoms with van der Waals surface area (Å²) in [7, 11) is 0. The molecule has 0 saturated carbocycles. The second-order valence-electron chi connectivity index (χ2n) is 4.35. The highest BCUT2D eigenvalue weighted by atomic mass is 16.4. The Morgan fingerprint density at radius 1 is 1.40 bits per heavy atom. The summed E-state index contributed by atoms with van der Waals surface area (Å²) >= 11 is 0. The summed E-state index contributed by atoms with van der Waals surface area (Å²) in [6.45, 7) is 1.59. The SMILES string of the molecule is Cc1c(NC(CC(=O)O)[C@H](N)C=O)cccc1C(=O)O. The molecule has 0 spiro atoms. The summed E-state index contributed by atoms with van der Waals surface area (Å²) in [6, 6.07) is 2.76. The molecule has 1 rings (SSSR count). The van der Waals surface area contributed by atoms with Gasteiger partial charge in [-0.1, -0.05) is 6.07 Å². The zero-order valence-corrected chi connectivity index (χ0v) is 10.9. The molecule has 7 nitrogen and oxygen atoms in total. The van der Waals surface area contributed by atoms with Crippen LogP contribution in [0.5, 0.6) is 0 Å². The van der Waals surface area contributed by atoms with Gasteiger partial charge in [0.2, 0.25) is 0 Å². The van der Waals surface area contributed by atoms with Gasteiger partial charge in [0.25, 0.3) is 0 Å². The summed E-state index contributed by atoms with van der Waals surface area (Å²) in [5.74, 6) is -2.19. The van der Waals surface area contributed by atoms with Gasteiger partial charge in [-0.15, -0.1) is 0 Å². The van der Waals surface area contributed by atoms with E-state index in [-0.39, 0.29) is 12.0 Å². The van der Waals surface area contributed by atoms with Gasteiger partial charge in [0, 0.05) is 5.69 Å². The quantitative estimate of drug-likeness (QED) is 0.534. The molecule has 1 unspecified atom stereocenters. The average molecular weight is 280 g/mol. The van der Waals surface area contributed by atoms with E-state index < -0.39 is 24.0 Å². The predicted octanol–water partition coefficient (Wildman–Crippen LogP) is 0.475. The lowest BCUT2D eigenvalue weighted by molar-refractivity contribution is -0.137. The first kappa shape index (κ1) is 15.6. The number of carbonyl (C=O) groups is 3. The number of benzene rings is 1. The number of anilines is 1. The van der Waals surface area contributed by atoms with Crippen LogP contribution in [0.3, 0.4) is 0 Å². The van der Waals surface area contributed by atoms with Crippen molar-refractivity contribution < 1.29 is 24.6 Å². The predicted molar refractivity (Wildman–Crippen MR) is 71.8 cm³/mol. The Morgan fingerprint density at radius 3 is 2.55 bits per heavy atom. The summed E-state index contributed by atoms with van der Waals surface area (Å²) < 4.78 is 0. The molecule has 1 aromatic carbocycles. The maximum Gasteiger partial charge on any atom is 0.336 e. The Morgan fingerprint density at radius 2 is 2.05 bits per heavy atom. The molecule has 0 aliphatic carbocycles.